The molecule has 1 aromatic carbocycles. The first kappa shape index (κ1) is 17.8. The number of hydrogen-bond donors (Lipinski definition) is 1. The maximum atomic E-state index is 12.5. The van der Waals surface area contributed by atoms with Crippen LogP contribution in [0.15, 0.2) is 24.3 Å². The number of piperidine rings is 1. The highest BCUT2D eigenvalue weighted by Gasteiger charge is 2.24. The van der Waals surface area contributed by atoms with Gasteiger partial charge >= 0.3 is 0 Å². The lowest BCUT2D eigenvalue weighted by Crippen LogP contribution is -2.44. The van der Waals surface area contributed by atoms with E-state index in [2.05, 4.69) is 5.32 Å². The minimum atomic E-state index is 0.104. The molecule has 23 heavy (non-hydrogen) atoms. The lowest BCUT2D eigenvalue weighted by atomic mass is 9.97. The third kappa shape index (κ3) is 5.54. The number of nitrogens with zero attached hydrogens (tertiary/aromatic N) is 1. The molecule has 5 heteroatoms. The van der Waals surface area contributed by atoms with Crippen molar-refractivity contribution in [1.82, 2.24) is 10.2 Å². The molecule has 0 radical (unpaired) electrons. The first-order chi connectivity index (χ1) is 11.1. The van der Waals surface area contributed by atoms with Gasteiger partial charge in [0, 0.05) is 31.1 Å². The molecule has 1 aromatic rings. The monoisotopic (exact) mass is 336 g/mol. The Morgan fingerprint density at radius 1 is 1.35 bits per heavy atom. The van der Waals surface area contributed by atoms with E-state index in [1.54, 1.807) is 0 Å². The Labute approximate surface area is 143 Å². The van der Waals surface area contributed by atoms with E-state index in [4.69, 9.17) is 11.6 Å². The number of amides is 2. The molecule has 1 heterocycles. The zero-order valence-electron chi connectivity index (χ0n) is 13.7. The maximum Gasteiger partial charge on any atom is 0.227 e. The van der Waals surface area contributed by atoms with E-state index in [1.165, 1.54) is 0 Å². The van der Waals surface area contributed by atoms with Crippen LogP contribution in [0, 0.1) is 5.92 Å². The Morgan fingerprint density at radius 3 is 2.87 bits per heavy atom. The van der Waals surface area contributed by atoms with Crippen LogP contribution in [0.1, 0.15) is 38.2 Å². The van der Waals surface area contributed by atoms with E-state index in [9.17, 15) is 9.59 Å². The summed E-state index contributed by atoms with van der Waals surface area (Å²) in [6.45, 7) is 4.17. The quantitative estimate of drug-likeness (QED) is 0.868. The summed E-state index contributed by atoms with van der Waals surface area (Å²) in [4.78, 5) is 26.0. The summed E-state index contributed by atoms with van der Waals surface area (Å²) in [7, 11) is 0. The third-order valence-electron chi connectivity index (χ3n) is 4.24. The second-order valence-electron chi connectivity index (χ2n) is 6.17. The molecule has 0 aliphatic carbocycles. The van der Waals surface area contributed by atoms with Gasteiger partial charge in [-0.05, 0) is 36.8 Å². The molecule has 1 N–H and O–H groups in total. The van der Waals surface area contributed by atoms with Crippen LogP contribution in [0.3, 0.4) is 0 Å². The lowest BCUT2D eigenvalue weighted by molar-refractivity contribution is -0.132. The molecule has 4 nitrogen and oxygen atoms in total. The van der Waals surface area contributed by atoms with Gasteiger partial charge in [0.15, 0.2) is 0 Å². The number of carbonyl (C=O) groups is 2. The number of benzene rings is 1. The second-order valence-corrected chi connectivity index (χ2v) is 6.58. The Hall–Kier alpha value is -1.55. The van der Waals surface area contributed by atoms with Crippen molar-refractivity contribution in [3.05, 3.63) is 34.9 Å². The molecular weight excluding hydrogens is 312 g/mol. The summed E-state index contributed by atoms with van der Waals surface area (Å²) in [6, 6.07) is 7.47. The highest BCUT2D eigenvalue weighted by atomic mass is 35.5. The van der Waals surface area contributed by atoms with Crippen molar-refractivity contribution in [2.45, 2.75) is 39.0 Å². The fraction of sp³-hybridized carbons (Fsp3) is 0.556. The van der Waals surface area contributed by atoms with Gasteiger partial charge in [-0.1, -0.05) is 36.7 Å². The van der Waals surface area contributed by atoms with Gasteiger partial charge in [0.2, 0.25) is 11.8 Å². The molecule has 1 aliphatic rings. The number of likely N-dealkylation sites (tertiary alicyclic amines) is 1. The minimum Gasteiger partial charge on any atom is -0.356 e. The fourth-order valence-corrected chi connectivity index (χ4v) is 3.15. The van der Waals surface area contributed by atoms with Gasteiger partial charge in [0.1, 0.15) is 0 Å². The average molecular weight is 337 g/mol. The first-order valence-electron chi connectivity index (χ1n) is 8.38. The number of carbonyl (C=O) groups excluding carboxylic acids is 2. The van der Waals surface area contributed by atoms with Gasteiger partial charge in [-0.2, -0.15) is 0 Å². The SMILES string of the molecule is CCCC(=O)NCC1CCCN(C(=O)Cc2ccccc2Cl)C1. The molecule has 1 aliphatic heterocycles. The summed E-state index contributed by atoms with van der Waals surface area (Å²) in [5.41, 5.74) is 0.873. The van der Waals surface area contributed by atoms with Gasteiger partial charge in [-0.3, -0.25) is 9.59 Å². The average Bonchev–Trinajstić information content (AvgIpc) is 2.55. The number of nitrogens with one attached hydrogen (secondary N) is 1. The second kappa shape index (κ2) is 8.92. The number of rotatable bonds is 6. The van der Waals surface area contributed by atoms with Gasteiger partial charge in [0.25, 0.3) is 0 Å². The Bertz CT molecular complexity index is 548. The largest absolute Gasteiger partial charge is 0.356 e. The van der Waals surface area contributed by atoms with Gasteiger partial charge in [0.05, 0.1) is 6.42 Å². The fourth-order valence-electron chi connectivity index (χ4n) is 2.95. The van der Waals surface area contributed by atoms with Crippen LogP contribution in [0.25, 0.3) is 0 Å². The van der Waals surface area contributed by atoms with Crippen LogP contribution in [0.2, 0.25) is 5.02 Å². The zero-order chi connectivity index (χ0) is 16.7. The molecule has 0 bridgehead atoms. The summed E-state index contributed by atoms with van der Waals surface area (Å²) in [5.74, 6) is 0.564. The summed E-state index contributed by atoms with van der Waals surface area (Å²) in [5, 5.41) is 3.61. The molecule has 0 saturated carbocycles. The Balaban J connectivity index is 1.84. The summed E-state index contributed by atoms with van der Waals surface area (Å²) < 4.78 is 0. The van der Waals surface area contributed by atoms with E-state index in [0.29, 0.717) is 30.3 Å². The smallest absolute Gasteiger partial charge is 0.227 e. The molecule has 1 fully saturated rings. The van der Waals surface area contributed by atoms with E-state index in [0.717, 1.165) is 37.9 Å². The standard InChI is InChI=1S/C18H25ClN2O2/c1-2-6-17(22)20-12-14-7-5-10-21(13-14)18(23)11-15-8-3-4-9-16(15)19/h3-4,8-9,14H,2,5-7,10-13H2,1H3,(H,20,22). The van der Waals surface area contributed by atoms with Crippen LogP contribution >= 0.6 is 11.6 Å². The van der Waals surface area contributed by atoms with E-state index >= 15 is 0 Å². The van der Waals surface area contributed by atoms with Gasteiger partial charge < -0.3 is 10.2 Å². The van der Waals surface area contributed by atoms with E-state index in [1.807, 2.05) is 36.1 Å². The van der Waals surface area contributed by atoms with Crippen LogP contribution in [-0.2, 0) is 16.0 Å². The molecule has 0 aromatic heterocycles. The summed E-state index contributed by atoms with van der Waals surface area (Å²) >= 11 is 6.13. The normalized spacial score (nSPS) is 17.8. The predicted octanol–water partition coefficient (Wildman–Crippen LogP) is 3.04. The topological polar surface area (TPSA) is 49.4 Å². The maximum absolute atomic E-state index is 12.5. The summed E-state index contributed by atoms with van der Waals surface area (Å²) in [6.07, 6.45) is 3.82. The van der Waals surface area contributed by atoms with Crippen LogP contribution in [-0.4, -0.2) is 36.3 Å². The molecule has 1 atom stereocenters. The Morgan fingerprint density at radius 2 is 2.13 bits per heavy atom. The minimum absolute atomic E-state index is 0.104. The van der Waals surface area contributed by atoms with Gasteiger partial charge in [-0.25, -0.2) is 0 Å². The van der Waals surface area contributed by atoms with Gasteiger partial charge in [-0.15, -0.1) is 0 Å². The van der Waals surface area contributed by atoms with Crippen LogP contribution in [0.4, 0.5) is 0 Å². The van der Waals surface area contributed by atoms with Crippen LogP contribution in [0.5, 0.6) is 0 Å². The number of hydrogen-bond acceptors (Lipinski definition) is 2. The molecule has 126 valence electrons. The van der Waals surface area contributed by atoms with Crippen molar-refractivity contribution in [2.75, 3.05) is 19.6 Å². The highest BCUT2D eigenvalue weighted by molar-refractivity contribution is 6.31. The van der Waals surface area contributed by atoms with Crippen LogP contribution < -0.4 is 5.32 Å². The number of halogens is 1. The van der Waals surface area contributed by atoms with Crippen molar-refractivity contribution < 1.29 is 9.59 Å². The van der Waals surface area contributed by atoms with E-state index in [-0.39, 0.29) is 11.8 Å². The molecular formula is C18H25ClN2O2. The molecule has 2 rings (SSSR count). The zero-order valence-corrected chi connectivity index (χ0v) is 14.4. The molecule has 0 spiro atoms. The van der Waals surface area contributed by atoms with E-state index < -0.39 is 0 Å². The molecule has 2 amide bonds. The van der Waals surface area contributed by atoms with Crippen molar-refractivity contribution in [2.24, 2.45) is 5.92 Å². The Kier molecular flexibility index (Phi) is 6.90. The van der Waals surface area contributed by atoms with Crippen molar-refractivity contribution >= 4 is 23.4 Å². The first-order valence-corrected chi connectivity index (χ1v) is 8.75. The predicted molar refractivity (Wildman–Crippen MR) is 92.4 cm³/mol. The molecule has 1 saturated heterocycles. The highest BCUT2D eigenvalue weighted by Crippen LogP contribution is 2.20. The van der Waals surface area contributed by atoms with Crippen molar-refractivity contribution in [3.8, 4) is 0 Å². The third-order valence-corrected chi connectivity index (χ3v) is 4.60. The lowest BCUT2D eigenvalue weighted by Gasteiger charge is -2.33. The van der Waals surface area contributed by atoms with Crippen molar-refractivity contribution in [1.29, 1.82) is 0 Å². The molecule has 1 unspecified atom stereocenters. The van der Waals surface area contributed by atoms with Crippen molar-refractivity contribution in [3.63, 3.8) is 0 Å².